The van der Waals surface area contributed by atoms with Crippen molar-refractivity contribution >= 4 is 17.8 Å². The number of rotatable bonds is 7. The second-order valence-corrected chi connectivity index (χ2v) is 5.74. The van der Waals surface area contributed by atoms with Crippen LogP contribution in [0, 0.1) is 0 Å². The summed E-state index contributed by atoms with van der Waals surface area (Å²) in [4.78, 5) is 36.9. The second-order valence-electron chi connectivity index (χ2n) is 5.74. The Balaban J connectivity index is 2.78. The fourth-order valence-corrected chi connectivity index (χ4v) is 1.96. The van der Waals surface area contributed by atoms with Crippen molar-refractivity contribution in [2.45, 2.75) is 38.8 Å². The summed E-state index contributed by atoms with van der Waals surface area (Å²) < 4.78 is 5.14. The van der Waals surface area contributed by atoms with Gasteiger partial charge in [-0.2, -0.15) is 0 Å². The number of nitrogens with one attached hydrogen (secondary N) is 1. The molecule has 0 aliphatic carbocycles. The average molecular weight is 320 g/mol. The van der Waals surface area contributed by atoms with Gasteiger partial charge in [-0.1, -0.05) is 30.3 Å². The van der Waals surface area contributed by atoms with Crippen molar-refractivity contribution < 1.29 is 19.1 Å². The Bertz CT molecular complexity index is 541. The van der Waals surface area contributed by atoms with Gasteiger partial charge in [0.05, 0.1) is 18.6 Å². The molecule has 0 bridgehead atoms. The van der Waals surface area contributed by atoms with E-state index in [-0.39, 0.29) is 24.9 Å². The highest BCUT2D eigenvalue weighted by Crippen LogP contribution is 2.18. The standard InChI is InChI=1S/C17H24N2O4/c1-12(2)23-17(22)10-14(13-8-6-5-7-9-13)18-15(20)11-16(21)19(3)4/h5-9,12,14H,10-11H2,1-4H3,(H,18,20)/t14-/m1/s1. The molecular weight excluding hydrogens is 296 g/mol. The van der Waals surface area contributed by atoms with Gasteiger partial charge in [0.25, 0.3) is 0 Å². The van der Waals surface area contributed by atoms with Gasteiger partial charge < -0.3 is 15.0 Å². The van der Waals surface area contributed by atoms with Crippen LogP contribution in [0.3, 0.4) is 0 Å². The number of carbonyl (C=O) groups is 3. The van der Waals surface area contributed by atoms with Gasteiger partial charge in [0, 0.05) is 14.1 Å². The molecule has 0 radical (unpaired) electrons. The van der Waals surface area contributed by atoms with Crippen LogP contribution in [-0.2, 0) is 19.1 Å². The van der Waals surface area contributed by atoms with Crippen molar-refractivity contribution in [3.05, 3.63) is 35.9 Å². The molecule has 0 heterocycles. The molecule has 0 aromatic heterocycles. The van der Waals surface area contributed by atoms with Crippen molar-refractivity contribution in [2.24, 2.45) is 0 Å². The fraction of sp³-hybridized carbons (Fsp3) is 0.471. The number of hydrogen-bond donors (Lipinski definition) is 1. The molecule has 2 amide bonds. The summed E-state index contributed by atoms with van der Waals surface area (Å²) >= 11 is 0. The highest BCUT2D eigenvalue weighted by Gasteiger charge is 2.21. The number of hydrogen-bond acceptors (Lipinski definition) is 4. The summed E-state index contributed by atoms with van der Waals surface area (Å²) in [6.07, 6.45) is -0.454. The molecule has 0 aliphatic heterocycles. The highest BCUT2D eigenvalue weighted by molar-refractivity contribution is 5.97. The van der Waals surface area contributed by atoms with Crippen LogP contribution < -0.4 is 5.32 Å². The molecule has 6 heteroatoms. The third kappa shape index (κ3) is 6.95. The SMILES string of the molecule is CC(C)OC(=O)C[C@@H](NC(=O)CC(=O)N(C)C)c1ccccc1. The first-order valence-corrected chi connectivity index (χ1v) is 7.53. The lowest BCUT2D eigenvalue weighted by molar-refractivity contribution is -0.148. The first-order chi connectivity index (χ1) is 10.8. The lowest BCUT2D eigenvalue weighted by atomic mass is 10.0. The molecule has 0 saturated heterocycles. The summed E-state index contributed by atoms with van der Waals surface area (Å²) in [6, 6.07) is 8.62. The number of benzene rings is 1. The summed E-state index contributed by atoms with van der Waals surface area (Å²) in [5.74, 6) is -1.11. The van der Waals surface area contributed by atoms with Gasteiger partial charge in [-0.05, 0) is 19.4 Å². The average Bonchev–Trinajstić information content (AvgIpc) is 2.46. The first-order valence-electron chi connectivity index (χ1n) is 7.53. The Morgan fingerprint density at radius 2 is 1.74 bits per heavy atom. The Morgan fingerprint density at radius 3 is 2.26 bits per heavy atom. The van der Waals surface area contributed by atoms with E-state index in [1.165, 1.54) is 4.90 Å². The lowest BCUT2D eigenvalue weighted by Gasteiger charge is -2.20. The zero-order valence-corrected chi connectivity index (χ0v) is 14.0. The fourth-order valence-electron chi connectivity index (χ4n) is 1.96. The molecule has 23 heavy (non-hydrogen) atoms. The lowest BCUT2D eigenvalue weighted by Crippen LogP contribution is -2.35. The summed E-state index contributed by atoms with van der Waals surface area (Å²) in [7, 11) is 3.18. The molecule has 0 aliphatic rings. The van der Waals surface area contributed by atoms with Crippen LogP contribution >= 0.6 is 0 Å². The van der Waals surface area contributed by atoms with E-state index in [1.807, 2.05) is 30.3 Å². The monoisotopic (exact) mass is 320 g/mol. The number of nitrogens with zero attached hydrogens (tertiary/aromatic N) is 1. The van der Waals surface area contributed by atoms with Crippen LogP contribution in [0.15, 0.2) is 30.3 Å². The van der Waals surface area contributed by atoms with Gasteiger partial charge >= 0.3 is 5.97 Å². The topological polar surface area (TPSA) is 75.7 Å². The van der Waals surface area contributed by atoms with Crippen LogP contribution in [0.4, 0.5) is 0 Å². The molecule has 0 fully saturated rings. The first kappa shape index (κ1) is 18.7. The molecule has 0 unspecified atom stereocenters. The van der Waals surface area contributed by atoms with Gasteiger partial charge in [0.2, 0.25) is 11.8 Å². The van der Waals surface area contributed by atoms with E-state index in [4.69, 9.17) is 4.74 Å². The Kier molecular flexibility index (Phi) is 7.25. The van der Waals surface area contributed by atoms with Gasteiger partial charge in [-0.15, -0.1) is 0 Å². The Labute approximate surface area is 136 Å². The minimum atomic E-state index is -0.523. The third-order valence-electron chi connectivity index (χ3n) is 3.09. The largest absolute Gasteiger partial charge is 0.463 e. The maximum Gasteiger partial charge on any atom is 0.308 e. The minimum Gasteiger partial charge on any atom is -0.463 e. The number of ether oxygens (including phenoxy) is 1. The van der Waals surface area contributed by atoms with Crippen molar-refractivity contribution in [1.82, 2.24) is 10.2 Å². The molecule has 6 nitrogen and oxygen atoms in total. The predicted octanol–water partition coefficient (Wildman–Crippen LogP) is 1.66. The number of carbonyl (C=O) groups excluding carboxylic acids is 3. The van der Waals surface area contributed by atoms with E-state index in [0.29, 0.717) is 0 Å². The zero-order valence-electron chi connectivity index (χ0n) is 14.0. The predicted molar refractivity (Wildman–Crippen MR) is 86.5 cm³/mol. The molecule has 0 spiro atoms. The molecular formula is C17H24N2O4. The van der Waals surface area contributed by atoms with Crippen molar-refractivity contribution in [2.75, 3.05) is 14.1 Å². The van der Waals surface area contributed by atoms with Gasteiger partial charge in [-0.25, -0.2) is 0 Å². The van der Waals surface area contributed by atoms with Crippen molar-refractivity contribution in [3.8, 4) is 0 Å². The zero-order chi connectivity index (χ0) is 17.4. The highest BCUT2D eigenvalue weighted by atomic mass is 16.5. The molecule has 1 N–H and O–H groups in total. The molecule has 1 rings (SSSR count). The van der Waals surface area contributed by atoms with Crippen LogP contribution in [-0.4, -0.2) is 42.9 Å². The molecule has 1 aromatic carbocycles. The maximum atomic E-state index is 12.0. The Morgan fingerprint density at radius 1 is 1.13 bits per heavy atom. The number of esters is 1. The smallest absolute Gasteiger partial charge is 0.308 e. The maximum absolute atomic E-state index is 12.0. The van der Waals surface area contributed by atoms with E-state index in [1.54, 1.807) is 27.9 Å². The van der Waals surface area contributed by atoms with E-state index < -0.39 is 17.9 Å². The molecule has 126 valence electrons. The van der Waals surface area contributed by atoms with Crippen LogP contribution in [0.25, 0.3) is 0 Å². The molecule has 0 saturated carbocycles. The summed E-state index contributed by atoms with van der Waals surface area (Å²) in [6.45, 7) is 3.54. The van der Waals surface area contributed by atoms with Crippen molar-refractivity contribution in [3.63, 3.8) is 0 Å². The Hall–Kier alpha value is -2.37. The van der Waals surface area contributed by atoms with Gasteiger partial charge in [-0.3, -0.25) is 14.4 Å². The quantitative estimate of drug-likeness (QED) is 0.612. The van der Waals surface area contributed by atoms with Crippen LogP contribution in [0.5, 0.6) is 0 Å². The van der Waals surface area contributed by atoms with E-state index in [9.17, 15) is 14.4 Å². The second kappa shape index (κ2) is 8.92. The third-order valence-corrected chi connectivity index (χ3v) is 3.09. The van der Waals surface area contributed by atoms with Crippen LogP contribution in [0.1, 0.15) is 38.3 Å². The van der Waals surface area contributed by atoms with Crippen LogP contribution in [0.2, 0.25) is 0 Å². The van der Waals surface area contributed by atoms with E-state index in [0.717, 1.165) is 5.56 Å². The van der Waals surface area contributed by atoms with Gasteiger partial charge in [0.15, 0.2) is 0 Å². The molecule has 1 aromatic rings. The summed E-state index contributed by atoms with van der Waals surface area (Å²) in [5, 5.41) is 2.74. The summed E-state index contributed by atoms with van der Waals surface area (Å²) in [5.41, 5.74) is 0.791. The molecule has 1 atom stereocenters. The number of amides is 2. The van der Waals surface area contributed by atoms with E-state index in [2.05, 4.69) is 5.32 Å². The van der Waals surface area contributed by atoms with Gasteiger partial charge in [0.1, 0.15) is 6.42 Å². The van der Waals surface area contributed by atoms with Crippen molar-refractivity contribution in [1.29, 1.82) is 0 Å². The van der Waals surface area contributed by atoms with E-state index >= 15 is 0 Å². The minimum absolute atomic E-state index is 0.0179. The normalized spacial score (nSPS) is 11.7.